The molecule has 0 spiro atoms. The van der Waals surface area contributed by atoms with E-state index in [4.69, 9.17) is 11.6 Å². The topological polar surface area (TPSA) is 63.2 Å². The van der Waals surface area contributed by atoms with Crippen LogP contribution in [-0.2, 0) is 16.6 Å². The zero-order chi connectivity index (χ0) is 14.8. The zero-order valence-electron chi connectivity index (χ0n) is 10.5. The first kappa shape index (κ1) is 15.4. The summed E-state index contributed by atoms with van der Waals surface area (Å²) >= 11 is 8.88. The van der Waals surface area contributed by atoms with Gasteiger partial charge in [-0.15, -0.1) is 0 Å². The van der Waals surface area contributed by atoms with Crippen LogP contribution in [0.1, 0.15) is 5.56 Å². The minimum atomic E-state index is -3.63. The third kappa shape index (κ3) is 3.54. The Balaban J connectivity index is 2.21. The van der Waals surface area contributed by atoms with Crippen LogP contribution in [0.2, 0.25) is 5.28 Å². The lowest BCUT2D eigenvalue weighted by Crippen LogP contribution is -2.26. The lowest BCUT2D eigenvalue weighted by atomic mass is 10.2. The van der Waals surface area contributed by atoms with Crippen LogP contribution in [0.15, 0.2) is 46.0 Å². The van der Waals surface area contributed by atoms with Gasteiger partial charge < -0.3 is 0 Å². The Morgan fingerprint density at radius 1 is 1.20 bits per heavy atom. The van der Waals surface area contributed by atoms with Crippen molar-refractivity contribution >= 4 is 37.6 Å². The van der Waals surface area contributed by atoms with Crippen molar-refractivity contribution in [2.24, 2.45) is 0 Å². The molecule has 0 unspecified atom stereocenters. The molecule has 0 aliphatic rings. The van der Waals surface area contributed by atoms with Crippen molar-refractivity contribution in [3.05, 3.63) is 52.0 Å². The van der Waals surface area contributed by atoms with E-state index in [-0.39, 0.29) is 16.7 Å². The normalized spacial score (nSPS) is 11.8. The fourth-order valence-electron chi connectivity index (χ4n) is 1.55. The quantitative estimate of drug-likeness (QED) is 0.770. The van der Waals surface area contributed by atoms with Gasteiger partial charge in [-0.25, -0.2) is 18.4 Å². The maximum absolute atomic E-state index is 12.3. The Kier molecular flexibility index (Phi) is 4.74. The summed E-state index contributed by atoms with van der Waals surface area (Å²) in [5.74, 6) is 0. The van der Waals surface area contributed by atoms with Gasteiger partial charge in [0, 0.05) is 18.1 Å². The van der Waals surface area contributed by atoms with Crippen LogP contribution in [0.25, 0.3) is 0 Å². The molecule has 106 valence electrons. The fraction of sp³-hybridized carbons (Fsp3) is 0.167. The minimum absolute atomic E-state index is 0.0134. The minimum Gasteiger partial charge on any atom is -0.225 e. The van der Waals surface area contributed by atoms with Crippen molar-refractivity contribution in [1.29, 1.82) is 0 Å². The molecule has 2 rings (SSSR count). The zero-order valence-corrected chi connectivity index (χ0v) is 13.7. The van der Waals surface area contributed by atoms with E-state index in [1.165, 1.54) is 23.7 Å². The monoisotopic (exact) mass is 375 g/mol. The summed E-state index contributed by atoms with van der Waals surface area (Å²) in [4.78, 5) is 7.39. The van der Waals surface area contributed by atoms with Gasteiger partial charge in [0.1, 0.15) is 4.90 Å². The van der Waals surface area contributed by atoms with Crippen LogP contribution in [0.5, 0.6) is 0 Å². The maximum atomic E-state index is 12.3. The molecule has 5 nitrogen and oxygen atoms in total. The number of benzene rings is 1. The maximum Gasteiger partial charge on any atom is 0.246 e. The Morgan fingerprint density at radius 3 is 2.30 bits per heavy atom. The molecule has 8 heteroatoms. The molecule has 0 fully saturated rings. The summed E-state index contributed by atoms with van der Waals surface area (Å²) in [7, 11) is -2.12. The molecule has 0 aliphatic carbocycles. The molecule has 0 N–H and O–H groups in total. The summed E-state index contributed by atoms with van der Waals surface area (Å²) in [6.07, 6.45) is 2.39. The fourth-order valence-corrected chi connectivity index (χ4v) is 2.96. The molecule has 0 saturated heterocycles. The molecule has 0 atom stereocenters. The van der Waals surface area contributed by atoms with Gasteiger partial charge in [-0.3, -0.25) is 0 Å². The lowest BCUT2D eigenvalue weighted by Gasteiger charge is -2.16. The predicted octanol–water partition coefficient (Wildman–Crippen LogP) is 2.71. The first-order valence-electron chi connectivity index (χ1n) is 5.58. The second-order valence-electron chi connectivity index (χ2n) is 4.08. The van der Waals surface area contributed by atoms with Crippen LogP contribution in [-0.4, -0.2) is 29.7 Å². The van der Waals surface area contributed by atoms with E-state index in [0.29, 0.717) is 0 Å². The van der Waals surface area contributed by atoms with E-state index in [1.807, 2.05) is 24.3 Å². The van der Waals surface area contributed by atoms with Crippen molar-refractivity contribution in [2.75, 3.05) is 7.05 Å². The highest BCUT2D eigenvalue weighted by Gasteiger charge is 2.21. The third-order valence-corrected chi connectivity index (χ3v) is 5.10. The Bertz CT molecular complexity index is 690. The van der Waals surface area contributed by atoms with E-state index in [0.717, 1.165) is 10.0 Å². The first-order chi connectivity index (χ1) is 9.39. The lowest BCUT2D eigenvalue weighted by molar-refractivity contribution is 0.466. The largest absolute Gasteiger partial charge is 0.246 e. The van der Waals surface area contributed by atoms with Gasteiger partial charge in [-0.2, -0.15) is 4.31 Å². The second kappa shape index (κ2) is 6.17. The van der Waals surface area contributed by atoms with Crippen LogP contribution in [0.4, 0.5) is 0 Å². The third-order valence-electron chi connectivity index (χ3n) is 2.62. The summed E-state index contributed by atoms with van der Waals surface area (Å²) in [5, 5.41) is 0.0134. The van der Waals surface area contributed by atoms with Crippen molar-refractivity contribution in [1.82, 2.24) is 14.3 Å². The molecule has 0 bridgehead atoms. The number of aromatic nitrogens is 2. The van der Waals surface area contributed by atoms with E-state index in [1.54, 1.807) is 0 Å². The first-order valence-corrected chi connectivity index (χ1v) is 8.19. The molecule has 1 aromatic heterocycles. The summed E-state index contributed by atoms with van der Waals surface area (Å²) in [6.45, 7) is 0.262. The molecule has 0 aliphatic heterocycles. The standard InChI is InChI=1S/C12H11BrClN3O2S/c1-17(8-9-2-4-10(13)5-3-9)20(18,19)11-6-15-12(14)16-7-11/h2-7H,8H2,1H3. The van der Waals surface area contributed by atoms with Gasteiger partial charge >= 0.3 is 0 Å². The highest BCUT2D eigenvalue weighted by molar-refractivity contribution is 9.10. The number of hydrogen-bond donors (Lipinski definition) is 0. The number of sulfonamides is 1. The van der Waals surface area contributed by atoms with Gasteiger partial charge in [-0.1, -0.05) is 28.1 Å². The van der Waals surface area contributed by atoms with Crippen molar-refractivity contribution in [3.63, 3.8) is 0 Å². The SMILES string of the molecule is CN(Cc1ccc(Br)cc1)S(=O)(=O)c1cnc(Cl)nc1. The molecule has 0 saturated carbocycles. The summed E-state index contributed by atoms with van der Waals surface area (Å²) in [5.41, 5.74) is 0.883. The van der Waals surface area contributed by atoms with Gasteiger partial charge in [-0.05, 0) is 29.3 Å². The molecule has 20 heavy (non-hydrogen) atoms. The van der Waals surface area contributed by atoms with E-state index in [2.05, 4.69) is 25.9 Å². The molecule has 2 aromatic rings. The van der Waals surface area contributed by atoms with E-state index in [9.17, 15) is 8.42 Å². The highest BCUT2D eigenvalue weighted by atomic mass is 79.9. The molecule has 1 heterocycles. The molecular formula is C12H11BrClN3O2S. The van der Waals surface area contributed by atoms with Crippen LogP contribution >= 0.6 is 27.5 Å². The molecule has 1 aromatic carbocycles. The summed E-state index contributed by atoms with van der Waals surface area (Å²) < 4.78 is 26.8. The molecule has 0 radical (unpaired) electrons. The van der Waals surface area contributed by atoms with Gasteiger partial charge in [0.05, 0.1) is 12.4 Å². The smallest absolute Gasteiger partial charge is 0.225 e. The van der Waals surface area contributed by atoms with Gasteiger partial charge in [0.2, 0.25) is 15.3 Å². The van der Waals surface area contributed by atoms with Gasteiger partial charge in [0.15, 0.2) is 0 Å². The average molecular weight is 377 g/mol. The number of nitrogens with zero attached hydrogens (tertiary/aromatic N) is 3. The number of hydrogen-bond acceptors (Lipinski definition) is 4. The van der Waals surface area contributed by atoms with Crippen molar-refractivity contribution < 1.29 is 8.42 Å². The van der Waals surface area contributed by atoms with Crippen molar-refractivity contribution in [3.8, 4) is 0 Å². The van der Waals surface area contributed by atoms with E-state index < -0.39 is 10.0 Å². The Hall–Kier alpha value is -1.02. The van der Waals surface area contributed by atoms with Crippen molar-refractivity contribution in [2.45, 2.75) is 11.4 Å². The molecular weight excluding hydrogens is 366 g/mol. The summed E-state index contributed by atoms with van der Waals surface area (Å²) in [6, 6.07) is 7.44. The number of rotatable bonds is 4. The van der Waals surface area contributed by atoms with Crippen LogP contribution in [0.3, 0.4) is 0 Å². The molecule has 0 amide bonds. The Labute approximate surface area is 130 Å². The van der Waals surface area contributed by atoms with Crippen LogP contribution < -0.4 is 0 Å². The highest BCUT2D eigenvalue weighted by Crippen LogP contribution is 2.17. The average Bonchev–Trinajstić information content (AvgIpc) is 2.42. The Morgan fingerprint density at radius 2 is 1.75 bits per heavy atom. The second-order valence-corrected chi connectivity index (χ2v) is 7.37. The van der Waals surface area contributed by atoms with E-state index >= 15 is 0 Å². The van der Waals surface area contributed by atoms with Gasteiger partial charge in [0.25, 0.3) is 0 Å². The number of halogens is 2. The van der Waals surface area contributed by atoms with Crippen LogP contribution in [0, 0.1) is 0 Å². The predicted molar refractivity (Wildman–Crippen MR) is 79.8 cm³/mol.